The third-order valence-corrected chi connectivity index (χ3v) is 5.42. The highest BCUT2D eigenvalue weighted by atomic mass is 32.2. The van der Waals surface area contributed by atoms with Crippen molar-refractivity contribution >= 4 is 27.4 Å². The topological polar surface area (TPSA) is 146 Å². The molecule has 11 heteroatoms. The number of primary sulfonamides is 1. The highest BCUT2D eigenvalue weighted by molar-refractivity contribution is 7.89. The predicted octanol–water partition coefficient (Wildman–Crippen LogP) is 1.24. The maximum atomic E-state index is 12.8. The van der Waals surface area contributed by atoms with Crippen molar-refractivity contribution in [3.8, 4) is 0 Å². The Morgan fingerprint density at radius 3 is 2.69 bits per heavy atom. The van der Waals surface area contributed by atoms with E-state index < -0.39 is 21.6 Å². The maximum absolute atomic E-state index is 12.8. The summed E-state index contributed by atoms with van der Waals surface area (Å²) in [6, 6.07) is 5.64. The van der Waals surface area contributed by atoms with E-state index in [-0.39, 0.29) is 23.1 Å². The number of esters is 1. The monoisotopic (exact) mass is 419 g/mol. The number of hydrazone groups is 1. The van der Waals surface area contributed by atoms with Crippen LogP contribution in [-0.2, 0) is 14.8 Å². The number of hydrogen-bond donors (Lipinski definition) is 2. The highest BCUT2D eigenvalue weighted by Crippen LogP contribution is 2.22. The van der Waals surface area contributed by atoms with Gasteiger partial charge in [0.2, 0.25) is 10.0 Å². The molecule has 29 heavy (non-hydrogen) atoms. The van der Waals surface area contributed by atoms with Gasteiger partial charge in [-0.2, -0.15) is 5.10 Å². The smallest absolute Gasteiger partial charge is 0.345 e. The Morgan fingerprint density at radius 1 is 1.38 bits per heavy atom. The molecule has 0 amide bonds. The van der Waals surface area contributed by atoms with Crippen molar-refractivity contribution < 1.29 is 17.9 Å². The van der Waals surface area contributed by atoms with E-state index in [9.17, 15) is 18.0 Å². The molecule has 0 fully saturated rings. The third kappa shape index (κ3) is 4.35. The fourth-order valence-corrected chi connectivity index (χ4v) is 3.50. The Morgan fingerprint density at radius 2 is 2.07 bits per heavy atom. The molecule has 0 radical (unpaired) electrons. The minimum absolute atomic E-state index is 0.00717. The molecule has 3 rings (SSSR count). The quantitative estimate of drug-likeness (QED) is 0.547. The Labute approximate surface area is 167 Å². The van der Waals surface area contributed by atoms with Crippen molar-refractivity contribution in [2.45, 2.75) is 37.6 Å². The molecule has 0 bridgehead atoms. The molecule has 0 spiro atoms. The molecule has 2 aromatic rings. The lowest BCUT2D eigenvalue weighted by molar-refractivity contribution is 0.0522. The zero-order valence-electron chi connectivity index (χ0n) is 16.0. The summed E-state index contributed by atoms with van der Waals surface area (Å²) in [5, 5.41) is 9.40. The highest BCUT2D eigenvalue weighted by Gasteiger charge is 2.27. The minimum atomic E-state index is -3.77. The van der Waals surface area contributed by atoms with Crippen LogP contribution in [0.4, 0.5) is 5.69 Å². The van der Waals surface area contributed by atoms with E-state index in [1.165, 1.54) is 35.0 Å². The first-order valence-corrected chi connectivity index (χ1v) is 10.5. The van der Waals surface area contributed by atoms with Crippen molar-refractivity contribution in [3.63, 3.8) is 0 Å². The number of benzene rings is 1. The van der Waals surface area contributed by atoms with Gasteiger partial charge in [0, 0.05) is 12.2 Å². The number of ether oxygens (including phenoxy) is 1. The molecular weight excluding hydrogens is 398 g/mol. The summed E-state index contributed by atoms with van der Waals surface area (Å²) in [7, 11) is -3.77. The lowest BCUT2D eigenvalue weighted by Crippen LogP contribution is -2.37. The Balaban J connectivity index is 1.91. The van der Waals surface area contributed by atoms with Crippen LogP contribution in [0.25, 0.3) is 0 Å². The molecule has 1 aromatic heterocycles. The Hall–Kier alpha value is -3.05. The largest absolute Gasteiger partial charge is 0.462 e. The fourth-order valence-electron chi connectivity index (χ4n) is 2.98. The second kappa shape index (κ2) is 8.13. The molecule has 154 valence electrons. The van der Waals surface area contributed by atoms with Crippen LogP contribution in [0, 0.1) is 0 Å². The summed E-state index contributed by atoms with van der Waals surface area (Å²) in [6.07, 6.45) is 2.43. The minimum Gasteiger partial charge on any atom is -0.462 e. The van der Waals surface area contributed by atoms with Gasteiger partial charge in [-0.1, -0.05) is 0 Å². The number of fused-ring (bicyclic) bond motifs is 1. The van der Waals surface area contributed by atoms with Crippen LogP contribution in [0.2, 0.25) is 0 Å². The van der Waals surface area contributed by atoms with Crippen LogP contribution >= 0.6 is 0 Å². The van der Waals surface area contributed by atoms with Gasteiger partial charge in [-0.25, -0.2) is 23.3 Å². The average Bonchev–Trinajstić information content (AvgIpc) is 2.67. The normalized spacial score (nSPS) is 17.6. The molecule has 1 unspecified atom stereocenters. The Kier molecular flexibility index (Phi) is 5.80. The fraction of sp³-hybridized carbons (Fsp3) is 0.333. The zero-order valence-corrected chi connectivity index (χ0v) is 16.8. The molecular formula is C18H21N5O5S. The summed E-state index contributed by atoms with van der Waals surface area (Å²) >= 11 is 0. The maximum Gasteiger partial charge on any atom is 0.345 e. The molecule has 10 nitrogen and oxygen atoms in total. The lowest BCUT2D eigenvalue weighted by atomic mass is 10.0. The van der Waals surface area contributed by atoms with Crippen molar-refractivity contribution in [1.82, 2.24) is 9.55 Å². The van der Waals surface area contributed by atoms with Crippen LogP contribution in [0.1, 0.15) is 48.9 Å². The number of nitrogens with two attached hydrogens (primary N) is 1. The summed E-state index contributed by atoms with van der Waals surface area (Å²) in [5.74, 6) is -0.333. The van der Waals surface area contributed by atoms with Crippen molar-refractivity contribution in [3.05, 3.63) is 52.2 Å². The molecule has 0 aliphatic carbocycles. The van der Waals surface area contributed by atoms with E-state index >= 15 is 0 Å². The van der Waals surface area contributed by atoms with E-state index in [1.54, 1.807) is 6.92 Å². The molecule has 3 N–H and O–H groups in total. The van der Waals surface area contributed by atoms with Crippen LogP contribution < -0.4 is 16.1 Å². The van der Waals surface area contributed by atoms with Crippen molar-refractivity contribution in [1.29, 1.82) is 0 Å². The molecule has 1 aromatic carbocycles. The van der Waals surface area contributed by atoms with Gasteiger partial charge in [0.05, 0.1) is 17.2 Å². The lowest BCUT2D eigenvalue weighted by Gasteiger charge is -2.25. The van der Waals surface area contributed by atoms with E-state index in [4.69, 9.17) is 9.88 Å². The third-order valence-electron chi connectivity index (χ3n) is 4.49. The number of anilines is 1. The van der Waals surface area contributed by atoms with Crippen molar-refractivity contribution in [2.24, 2.45) is 10.2 Å². The summed E-state index contributed by atoms with van der Waals surface area (Å²) in [5.41, 5.74) is 3.34. The van der Waals surface area contributed by atoms with E-state index in [0.29, 0.717) is 30.1 Å². The van der Waals surface area contributed by atoms with Crippen molar-refractivity contribution in [2.75, 3.05) is 12.0 Å². The van der Waals surface area contributed by atoms with Gasteiger partial charge in [0.1, 0.15) is 11.3 Å². The number of carbonyl (C=O) groups is 1. The SMILES string of the molecule is CCOC(=O)c1cnc2n(c1=O)C(C)CCC2=NNc1ccc(S(N)(=O)=O)cc1. The van der Waals surface area contributed by atoms with E-state index in [0.717, 1.165) is 0 Å². The second-order valence-electron chi connectivity index (χ2n) is 6.52. The molecule has 0 saturated heterocycles. The van der Waals surface area contributed by atoms with Crippen LogP contribution in [0.15, 0.2) is 45.3 Å². The van der Waals surface area contributed by atoms with Gasteiger partial charge in [-0.3, -0.25) is 14.8 Å². The van der Waals surface area contributed by atoms with Gasteiger partial charge in [0.25, 0.3) is 5.56 Å². The Bertz CT molecular complexity index is 1120. The number of nitrogens with one attached hydrogen (secondary N) is 1. The number of rotatable bonds is 5. The first kappa shape index (κ1) is 20.7. The molecule has 1 aliphatic rings. The molecule has 0 saturated carbocycles. The number of sulfonamides is 1. The number of nitrogens with zero attached hydrogens (tertiary/aromatic N) is 3. The van der Waals surface area contributed by atoms with Gasteiger partial charge in [-0.05, 0) is 51.0 Å². The van der Waals surface area contributed by atoms with Crippen LogP contribution in [-0.4, -0.2) is 36.3 Å². The number of hydrogen-bond acceptors (Lipinski definition) is 8. The number of carbonyl (C=O) groups excluding carboxylic acids is 1. The molecule has 1 aliphatic heterocycles. The van der Waals surface area contributed by atoms with Crippen LogP contribution in [0.5, 0.6) is 0 Å². The predicted molar refractivity (Wildman–Crippen MR) is 106 cm³/mol. The molecule has 2 heterocycles. The van der Waals surface area contributed by atoms with Gasteiger partial charge in [-0.15, -0.1) is 0 Å². The first-order valence-electron chi connectivity index (χ1n) is 8.96. The molecule has 1 atom stereocenters. The number of aromatic nitrogens is 2. The summed E-state index contributed by atoms with van der Waals surface area (Å²) < 4.78 is 29.0. The summed E-state index contributed by atoms with van der Waals surface area (Å²) in [6.45, 7) is 3.70. The second-order valence-corrected chi connectivity index (χ2v) is 8.08. The van der Waals surface area contributed by atoms with Gasteiger partial charge in [0.15, 0.2) is 5.82 Å². The van der Waals surface area contributed by atoms with Gasteiger partial charge < -0.3 is 4.74 Å². The zero-order chi connectivity index (χ0) is 21.2. The first-order chi connectivity index (χ1) is 13.7. The standard InChI is InChI=1S/C18H21N5O5S/c1-3-28-18(25)14-10-20-16-15(9-4-11(2)23(16)17(14)24)22-21-12-5-7-13(8-6-12)29(19,26)27/h5-8,10-11,21H,3-4,9H2,1-2H3,(H2,19,26,27). The summed E-state index contributed by atoms with van der Waals surface area (Å²) in [4.78, 5) is 29.0. The van der Waals surface area contributed by atoms with Crippen LogP contribution in [0.3, 0.4) is 0 Å². The van der Waals surface area contributed by atoms with Gasteiger partial charge >= 0.3 is 5.97 Å². The average molecular weight is 419 g/mol. The van der Waals surface area contributed by atoms with E-state index in [1.807, 2.05) is 6.92 Å². The van der Waals surface area contributed by atoms with E-state index in [2.05, 4.69) is 15.5 Å².